The number of hydrogen-bond donors (Lipinski definition) is 2. The van der Waals surface area contributed by atoms with Gasteiger partial charge >= 0.3 is 0 Å². The number of aromatic nitrogens is 2. The average molecular weight is 249 g/mol. The van der Waals surface area contributed by atoms with Crippen molar-refractivity contribution in [2.75, 3.05) is 26.2 Å². The van der Waals surface area contributed by atoms with Gasteiger partial charge in [-0.1, -0.05) is 0 Å². The lowest BCUT2D eigenvalue weighted by molar-refractivity contribution is 0.0643. The molecule has 0 aromatic carbocycles. The molecule has 1 atom stereocenters. The first-order chi connectivity index (χ1) is 8.63. The van der Waals surface area contributed by atoms with E-state index in [1.165, 1.54) is 0 Å². The van der Waals surface area contributed by atoms with Crippen LogP contribution in [0, 0.1) is 13.8 Å². The standard InChI is InChI=1S/C12H19N5O/c1-8-5-11(9(2)16-15-8)12(18)17-4-3-14-7-10(17)6-13/h5,10,14H,3-4,6-7,13H2,1-2H3. The Hall–Kier alpha value is -1.53. The highest BCUT2D eigenvalue weighted by atomic mass is 16.2. The minimum atomic E-state index is 0.00227. The molecule has 1 aromatic heterocycles. The molecule has 1 aromatic rings. The summed E-state index contributed by atoms with van der Waals surface area (Å²) in [6.45, 7) is 6.34. The Bertz CT molecular complexity index is 448. The van der Waals surface area contributed by atoms with Crippen LogP contribution in [0.1, 0.15) is 21.7 Å². The zero-order valence-corrected chi connectivity index (χ0v) is 10.8. The molecule has 0 radical (unpaired) electrons. The van der Waals surface area contributed by atoms with E-state index in [0.717, 1.165) is 18.8 Å². The van der Waals surface area contributed by atoms with E-state index in [4.69, 9.17) is 5.73 Å². The van der Waals surface area contributed by atoms with Gasteiger partial charge in [-0.15, -0.1) is 0 Å². The van der Waals surface area contributed by atoms with Crippen LogP contribution >= 0.6 is 0 Å². The number of nitrogens with two attached hydrogens (primary N) is 1. The van der Waals surface area contributed by atoms with Crippen LogP contribution in [-0.2, 0) is 0 Å². The lowest BCUT2D eigenvalue weighted by Gasteiger charge is -2.35. The van der Waals surface area contributed by atoms with E-state index >= 15 is 0 Å². The third kappa shape index (κ3) is 2.49. The van der Waals surface area contributed by atoms with Gasteiger partial charge in [0.1, 0.15) is 0 Å². The third-order valence-electron chi connectivity index (χ3n) is 3.21. The van der Waals surface area contributed by atoms with E-state index in [1.54, 1.807) is 13.0 Å². The first kappa shape index (κ1) is 12.9. The summed E-state index contributed by atoms with van der Waals surface area (Å²) in [6.07, 6.45) is 0. The molecule has 1 aliphatic rings. The molecular weight excluding hydrogens is 230 g/mol. The van der Waals surface area contributed by atoms with Gasteiger partial charge in [0.25, 0.3) is 5.91 Å². The minimum Gasteiger partial charge on any atom is -0.332 e. The summed E-state index contributed by atoms with van der Waals surface area (Å²) in [6, 6.07) is 1.85. The molecule has 1 fully saturated rings. The Kier molecular flexibility index (Phi) is 3.88. The Morgan fingerprint density at radius 2 is 2.33 bits per heavy atom. The number of piperazine rings is 1. The first-order valence-corrected chi connectivity index (χ1v) is 6.16. The second kappa shape index (κ2) is 5.41. The molecule has 0 aliphatic carbocycles. The second-order valence-electron chi connectivity index (χ2n) is 4.58. The molecule has 2 rings (SSSR count). The van der Waals surface area contributed by atoms with Gasteiger partial charge in [-0.25, -0.2) is 0 Å². The van der Waals surface area contributed by atoms with Crippen LogP contribution in [0.15, 0.2) is 6.07 Å². The molecule has 6 heteroatoms. The third-order valence-corrected chi connectivity index (χ3v) is 3.21. The molecule has 1 amide bonds. The van der Waals surface area contributed by atoms with Gasteiger partial charge in [-0.3, -0.25) is 4.79 Å². The van der Waals surface area contributed by atoms with Crippen LogP contribution in [0.3, 0.4) is 0 Å². The number of nitrogens with zero attached hydrogens (tertiary/aromatic N) is 3. The smallest absolute Gasteiger partial charge is 0.256 e. The maximum atomic E-state index is 12.5. The SMILES string of the molecule is Cc1cc(C(=O)N2CCNCC2CN)c(C)nn1. The van der Waals surface area contributed by atoms with Crippen LogP contribution in [0.5, 0.6) is 0 Å². The molecule has 0 bridgehead atoms. The number of rotatable bonds is 2. The summed E-state index contributed by atoms with van der Waals surface area (Å²) >= 11 is 0. The molecule has 1 unspecified atom stereocenters. The number of aryl methyl sites for hydroxylation is 2. The molecule has 1 aliphatic heterocycles. The maximum absolute atomic E-state index is 12.5. The summed E-state index contributed by atoms with van der Waals surface area (Å²) in [4.78, 5) is 14.4. The summed E-state index contributed by atoms with van der Waals surface area (Å²) in [5, 5.41) is 11.2. The fraction of sp³-hybridized carbons (Fsp3) is 0.583. The van der Waals surface area contributed by atoms with Crippen molar-refractivity contribution in [2.24, 2.45) is 5.73 Å². The molecule has 1 saturated heterocycles. The predicted molar refractivity (Wildman–Crippen MR) is 68.3 cm³/mol. The highest BCUT2D eigenvalue weighted by Gasteiger charge is 2.27. The zero-order valence-electron chi connectivity index (χ0n) is 10.8. The van der Waals surface area contributed by atoms with Crippen molar-refractivity contribution >= 4 is 5.91 Å². The van der Waals surface area contributed by atoms with Gasteiger partial charge in [-0.05, 0) is 19.9 Å². The van der Waals surface area contributed by atoms with E-state index in [9.17, 15) is 4.79 Å². The topological polar surface area (TPSA) is 84.1 Å². The monoisotopic (exact) mass is 249 g/mol. The fourth-order valence-corrected chi connectivity index (χ4v) is 2.16. The van der Waals surface area contributed by atoms with Crippen LogP contribution in [0.2, 0.25) is 0 Å². The Labute approximate surface area is 107 Å². The first-order valence-electron chi connectivity index (χ1n) is 6.16. The molecule has 0 spiro atoms. The van der Waals surface area contributed by atoms with Crippen molar-refractivity contribution in [1.82, 2.24) is 20.4 Å². The van der Waals surface area contributed by atoms with Gasteiger partial charge in [0.2, 0.25) is 0 Å². The van der Waals surface area contributed by atoms with Crippen LogP contribution < -0.4 is 11.1 Å². The summed E-state index contributed by atoms with van der Waals surface area (Å²) in [5.74, 6) is 0.00227. The zero-order chi connectivity index (χ0) is 13.1. The highest BCUT2D eigenvalue weighted by Crippen LogP contribution is 2.13. The van der Waals surface area contributed by atoms with Crippen molar-refractivity contribution in [2.45, 2.75) is 19.9 Å². The van der Waals surface area contributed by atoms with Crippen LogP contribution in [0.25, 0.3) is 0 Å². The molecule has 98 valence electrons. The van der Waals surface area contributed by atoms with Gasteiger partial charge in [0.05, 0.1) is 23.0 Å². The quantitative estimate of drug-likeness (QED) is 0.736. The van der Waals surface area contributed by atoms with Gasteiger partial charge in [-0.2, -0.15) is 10.2 Å². The minimum absolute atomic E-state index is 0.00227. The fourth-order valence-electron chi connectivity index (χ4n) is 2.16. The number of carbonyl (C=O) groups excluding carboxylic acids is 1. The normalized spacial score (nSPS) is 19.9. The Morgan fingerprint density at radius 3 is 3.06 bits per heavy atom. The van der Waals surface area contributed by atoms with E-state index < -0.39 is 0 Å². The van der Waals surface area contributed by atoms with Crippen molar-refractivity contribution < 1.29 is 4.79 Å². The van der Waals surface area contributed by atoms with Crippen LogP contribution in [0.4, 0.5) is 0 Å². The van der Waals surface area contributed by atoms with Crippen molar-refractivity contribution in [3.8, 4) is 0 Å². The van der Waals surface area contributed by atoms with Crippen LogP contribution in [-0.4, -0.2) is 53.2 Å². The van der Waals surface area contributed by atoms with Crippen molar-refractivity contribution in [1.29, 1.82) is 0 Å². The summed E-state index contributed by atoms with van der Waals surface area (Å²) < 4.78 is 0. The molecule has 0 saturated carbocycles. The summed E-state index contributed by atoms with van der Waals surface area (Å²) in [5.41, 5.74) is 7.76. The highest BCUT2D eigenvalue weighted by molar-refractivity contribution is 5.95. The number of carbonyl (C=O) groups is 1. The molecule has 6 nitrogen and oxygen atoms in total. The Morgan fingerprint density at radius 1 is 1.56 bits per heavy atom. The number of amides is 1. The lowest BCUT2D eigenvalue weighted by Crippen LogP contribution is -2.56. The summed E-state index contributed by atoms with van der Waals surface area (Å²) in [7, 11) is 0. The average Bonchev–Trinajstić information content (AvgIpc) is 2.40. The van der Waals surface area contributed by atoms with Gasteiger partial charge in [0, 0.05) is 26.2 Å². The maximum Gasteiger partial charge on any atom is 0.256 e. The second-order valence-corrected chi connectivity index (χ2v) is 4.58. The van der Waals surface area contributed by atoms with E-state index in [2.05, 4.69) is 15.5 Å². The van der Waals surface area contributed by atoms with Crippen molar-refractivity contribution in [3.05, 3.63) is 23.0 Å². The number of nitrogens with one attached hydrogen (secondary N) is 1. The van der Waals surface area contributed by atoms with E-state index in [-0.39, 0.29) is 11.9 Å². The predicted octanol–water partition coefficient (Wildman–Crippen LogP) is -0.534. The van der Waals surface area contributed by atoms with Gasteiger partial charge < -0.3 is 16.0 Å². The number of hydrogen-bond acceptors (Lipinski definition) is 5. The lowest BCUT2D eigenvalue weighted by atomic mass is 10.1. The Balaban J connectivity index is 2.26. The molecule has 3 N–H and O–H groups in total. The van der Waals surface area contributed by atoms with E-state index in [1.807, 2.05) is 11.8 Å². The molecule has 18 heavy (non-hydrogen) atoms. The molecule has 2 heterocycles. The largest absolute Gasteiger partial charge is 0.332 e. The van der Waals surface area contributed by atoms with Crippen molar-refractivity contribution in [3.63, 3.8) is 0 Å². The van der Waals surface area contributed by atoms with Gasteiger partial charge in [0.15, 0.2) is 0 Å². The van der Waals surface area contributed by atoms with E-state index in [0.29, 0.717) is 24.3 Å². The molecular formula is C12H19N5O.